The van der Waals surface area contributed by atoms with E-state index in [-0.39, 0.29) is 27.7 Å². The average Bonchev–Trinajstić information content (AvgIpc) is 2.47. The Morgan fingerprint density at radius 2 is 1.76 bits per heavy atom. The van der Waals surface area contributed by atoms with E-state index < -0.39 is 16.7 Å². The average molecular weight is 310 g/mol. The molecule has 2 aromatic rings. The molecule has 0 unspecified atom stereocenters. The first-order valence-corrected chi connectivity index (χ1v) is 7.39. The van der Waals surface area contributed by atoms with Gasteiger partial charge in [0.15, 0.2) is 11.5 Å². The van der Waals surface area contributed by atoms with Crippen molar-refractivity contribution in [2.24, 2.45) is 0 Å². The Morgan fingerprint density at radius 1 is 1.10 bits per heavy atom. The monoisotopic (exact) mass is 310 g/mol. The lowest BCUT2D eigenvalue weighted by molar-refractivity contribution is 0.276. The molecule has 0 aromatic heterocycles. The minimum Gasteiger partial charge on any atom is -0.508 e. The van der Waals surface area contributed by atoms with E-state index in [9.17, 15) is 18.6 Å². The zero-order valence-corrected chi connectivity index (χ0v) is 12.0. The number of phenols is 1. The summed E-state index contributed by atoms with van der Waals surface area (Å²) in [5, 5.41) is 18.5. The summed E-state index contributed by atoms with van der Waals surface area (Å²) < 4.78 is 34.5. The second kappa shape index (κ2) is 6.02. The quantitative estimate of drug-likeness (QED) is 0.816. The van der Waals surface area contributed by atoms with Gasteiger partial charge in [-0.3, -0.25) is 0 Å². The zero-order chi connectivity index (χ0) is 15.5. The van der Waals surface area contributed by atoms with Crippen molar-refractivity contribution in [3.05, 3.63) is 48.0 Å². The molecule has 112 valence electrons. The molecule has 0 amide bonds. The topological polar surface area (TPSA) is 93.1 Å². The van der Waals surface area contributed by atoms with Crippen molar-refractivity contribution in [1.82, 2.24) is 0 Å². The molecule has 0 saturated heterocycles. The molecule has 0 fully saturated rings. The molecule has 0 aliphatic rings. The summed E-state index contributed by atoms with van der Waals surface area (Å²) in [4.78, 5) is -0.116. The summed E-state index contributed by atoms with van der Waals surface area (Å²) in [6.07, 6.45) is 0. The van der Waals surface area contributed by atoms with Gasteiger partial charge in [0.1, 0.15) is 10.6 Å². The third kappa shape index (κ3) is 3.26. The first kappa shape index (κ1) is 15.1. The van der Waals surface area contributed by atoms with E-state index in [0.29, 0.717) is 0 Å². The normalized spacial score (nSPS) is 11.1. The number of para-hydroxylation sites is 1. The molecule has 2 aromatic carbocycles. The van der Waals surface area contributed by atoms with Gasteiger partial charge in [-0.25, -0.2) is 0 Å². The highest BCUT2D eigenvalue weighted by Gasteiger charge is 2.21. The van der Waals surface area contributed by atoms with E-state index in [1.807, 2.05) is 0 Å². The van der Waals surface area contributed by atoms with Gasteiger partial charge in [-0.2, -0.15) is 8.42 Å². The van der Waals surface area contributed by atoms with Crippen molar-refractivity contribution in [3.8, 4) is 17.2 Å². The highest BCUT2D eigenvalue weighted by molar-refractivity contribution is 7.87. The van der Waals surface area contributed by atoms with Gasteiger partial charge in [-0.15, -0.1) is 0 Å². The van der Waals surface area contributed by atoms with Crippen LogP contribution in [0.3, 0.4) is 0 Å². The first-order chi connectivity index (χ1) is 9.97. The van der Waals surface area contributed by atoms with Gasteiger partial charge in [0.2, 0.25) is 0 Å². The highest BCUT2D eigenvalue weighted by Crippen LogP contribution is 2.33. The molecule has 0 saturated carbocycles. The van der Waals surface area contributed by atoms with Crippen LogP contribution in [0.25, 0.3) is 0 Å². The third-order valence-electron chi connectivity index (χ3n) is 2.77. The summed E-state index contributed by atoms with van der Waals surface area (Å²) in [5.74, 6) is 0.0850. The van der Waals surface area contributed by atoms with E-state index in [1.54, 1.807) is 6.07 Å². The Bertz CT molecular complexity index is 699. The number of rotatable bonds is 5. The second-order valence-electron chi connectivity index (χ2n) is 4.14. The van der Waals surface area contributed by atoms with Crippen LogP contribution in [0.5, 0.6) is 17.2 Å². The number of benzene rings is 2. The first-order valence-electron chi connectivity index (χ1n) is 5.98. The largest absolute Gasteiger partial charge is 0.508 e. The maximum atomic E-state index is 12.2. The van der Waals surface area contributed by atoms with Crippen molar-refractivity contribution >= 4 is 10.1 Å². The molecule has 7 heteroatoms. The Balaban J connectivity index is 2.43. The van der Waals surface area contributed by atoms with Crippen molar-refractivity contribution in [3.63, 3.8) is 0 Å². The molecule has 0 atom stereocenters. The molecular formula is C14H14O6S. The number of aliphatic hydroxyl groups excluding tert-OH is 1. The van der Waals surface area contributed by atoms with Gasteiger partial charge in [0, 0.05) is 5.56 Å². The molecule has 0 spiro atoms. The molecule has 2 rings (SSSR count). The minimum absolute atomic E-state index is 0.0534. The van der Waals surface area contributed by atoms with E-state index in [1.165, 1.54) is 43.5 Å². The summed E-state index contributed by atoms with van der Waals surface area (Å²) in [7, 11) is -2.73. The Kier molecular flexibility index (Phi) is 4.35. The zero-order valence-electron chi connectivity index (χ0n) is 11.2. The van der Waals surface area contributed by atoms with Gasteiger partial charge in [-0.1, -0.05) is 12.1 Å². The lowest BCUT2D eigenvalue weighted by Crippen LogP contribution is -2.11. The third-order valence-corrected chi connectivity index (χ3v) is 4.00. The second-order valence-corrected chi connectivity index (χ2v) is 5.68. The molecule has 2 N–H and O–H groups in total. The summed E-state index contributed by atoms with van der Waals surface area (Å²) in [6.45, 7) is -0.391. The molecule has 6 nitrogen and oxygen atoms in total. The maximum absolute atomic E-state index is 12.2. The predicted octanol–water partition coefficient (Wildman–Crippen LogP) is 1.66. The van der Waals surface area contributed by atoms with Crippen LogP contribution in [0.1, 0.15) is 5.56 Å². The van der Waals surface area contributed by atoms with Gasteiger partial charge in [-0.05, 0) is 30.3 Å². The number of hydrogen-bond donors (Lipinski definition) is 2. The molecular weight excluding hydrogens is 296 g/mol. The van der Waals surface area contributed by atoms with Crippen LogP contribution < -0.4 is 8.92 Å². The molecule has 0 bridgehead atoms. The van der Waals surface area contributed by atoms with Crippen LogP contribution in [0, 0.1) is 0 Å². The smallest absolute Gasteiger partial charge is 0.339 e. The Labute approximate surface area is 122 Å². The lowest BCUT2D eigenvalue weighted by atomic mass is 10.2. The van der Waals surface area contributed by atoms with Gasteiger partial charge in [0.05, 0.1) is 13.7 Å². The van der Waals surface area contributed by atoms with Crippen LogP contribution in [-0.4, -0.2) is 25.7 Å². The maximum Gasteiger partial charge on any atom is 0.339 e. The standard InChI is InChI=1S/C14H14O6S/c1-19-13-4-2-3-10(9-15)14(13)20-21(17,18)12-7-5-11(16)6-8-12/h2-8,15-16H,9H2,1H3. The van der Waals surface area contributed by atoms with Gasteiger partial charge in [0.25, 0.3) is 0 Å². The van der Waals surface area contributed by atoms with Crippen molar-refractivity contribution in [1.29, 1.82) is 0 Å². The van der Waals surface area contributed by atoms with E-state index >= 15 is 0 Å². The predicted molar refractivity (Wildman–Crippen MR) is 74.8 cm³/mol. The molecule has 0 heterocycles. The molecule has 21 heavy (non-hydrogen) atoms. The molecule has 0 aliphatic heterocycles. The van der Waals surface area contributed by atoms with Crippen LogP contribution in [0.2, 0.25) is 0 Å². The van der Waals surface area contributed by atoms with Gasteiger partial charge < -0.3 is 19.1 Å². The highest BCUT2D eigenvalue weighted by atomic mass is 32.2. The number of hydrogen-bond acceptors (Lipinski definition) is 6. The molecule has 0 radical (unpaired) electrons. The number of aromatic hydroxyl groups is 1. The summed E-state index contributed by atoms with van der Waals surface area (Å²) in [6, 6.07) is 9.60. The fourth-order valence-electron chi connectivity index (χ4n) is 1.71. The number of methoxy groups -OCH3 is 1. The van der Waals surface area contributed by atoms with Crippen LogP contribution in [0.15, 0.2) is 47.4 Å². The number of aliphatic hydroxyl groups is 1. The van der Waals surface area contributed by atoms with Crippen molar-refractivity contribution in [2.45, 2.75) is 11.5 Å². The minimum atomic E-state index is -4.10. The summed E-state index contributed by atoms with van der Waals surface area (Å²) >= 11 is 0. The van der Waals surface area contributed by atoms with Crippen molar-refractivity contribution in [2.75, 3.05) is 7.11 Å². The van der Waals surface area contributed by atoms with Gasteiger partial charge >= 0.3 is 10.1 Å². The lowest BCUT2D eigenvalue weighted by Gasteiger charge is -2.13. The fourth-order valence-corrected chi connectivity index (χ4v) is 2.69. The number of ether oxygens (including phenoxy) is 1. The van der Waals surface area contributed by atoms with E-state index in [0.717, 1.165) is 0 Å². The van der Waals surface area contributed by atoms with Crippen LogP contribution in [0.4, 0.5) is 0 Å². The molecule has 0 aliphatic carbocycles. The SMILES string of the molecule is COc1cccc(CO)c1OS(=O)(=O)c1ccc(O)cc1. The van der Waals surface area contributed by atoms with Crippen LogP contribution >= 0.6 is 0 Å². The number of phenolic OH excluding ortho intramolecular Hbond substituents is 1. The van der Waals surface area contributed by atoms with Crippen molar-refractivity contribution < 1.29 is 27.6 Å². The Hall–Kier alpha value is -2.25. The van der Waals surface area contributed by atoms with E-state index in [2.05, 4.69) is 0 Å². The fraction of sp³-hybridized carbons (Fsp3) is 0.143. The van der Waals surface area contributed by atoms with Crippen LogP contribution in [-0.2, 0) is 16.7 Å². The van der Waals surface area contributed by atoms with E-state index in [4.69, 9.17) is 8.92 Å². The Morgan fingerprint density at radius 3 is 2.33 bits per heavy atom. The summed E-state index contributed by atoms with van der Waals surface area (Å²) in [5.41, 5.74) is 0.289.